The molecule has 3 heterocycles. The number of nitrogens with zero attached hydrogens (tertiary/aromatic N) is 6. The van der Waals surface area contributed by atoms with Crippen molar-refractivity contribution < 1.29 is 4.79 Å². The van der Waals surface area contributed by atoms with E-state index in [1.165, 1.54) is 31.2 Å². The lowest BCUT2D eigenvalue weighted by molar-refractivity contribution is 0.0949. The van der Waals surface area contributed by atoms with Crippen LogP contribution in [0.2, 0.25) is 0 Å². The van der Waals surface area contributed by atoms with E-state index in [1.54, 1.807) is 18.5 Å². The molecule has 0 unspecified atom stereocenters. The molecule has 2 aromatic rings. The number of aromatic nitrogens is 4. The Morgan fingerprint density at radius 1 is 1.00 bits per heavy atom. The molecule has 29 heavy (non-hydrogen) atoms. The number of hydrogen-bond acceptors (Lipinski definition) is 7. The number of nitrogens with one attached hydrogen (secondary N) is 1. The predicted octanol–water partition coefficient (Wildman–Crippen LogP) is 2.21. The maximum absolute atomic E-state index is 12.5. The molecule has 1 amide bonds. The van der Waals surface area contributed by atoms with Crippen molar-refractivity contribution in [3.05, 3.63) is 48.2 Å². The van der Waals surface area contributed by atoms with Crippen LogP contribution in [0, 0.1) is 0 Å². The second kappa shape index (κ2) is 9.45. The van der Waals surface area contributed by atoms with Crippen molar-refractivity contribution in [2.45, 2.75) is 32.1 Å². The standard InChI is InChI=1S/C21H27N7O/c29-20(22-10-7-17-5-2-1-3-6-17)18-15-19(26-16-25-18)27-11-13-28(14-12-27)21-23-8-4-9-24-21/h4-5,8-9,15-16H,1-3,6-7,10-14H2,(H,22,29). The van der Waals surface area contributed by atoms with Crippen molar-refractivity contribution >= 4 is 17.7 Å². The van der Waals surface area contributed by atoms with Crippen molar-refractivity contribution in [3.63, 3.8) is 0 Å². The summed E-state index contributed by atoms with van der Waals surface area (Å²) in [5.41, 5.74) is 1.88. The van der Waals surface area contributed by atoms with Crippen molar-refractivity contribution in [3.8, 4) is 0 Å². The molecule has 1 aliphatic carbocycles. The molecule has 0 spiro atoms. The van der Waals surface area contributed by atoms with E-state index in [2.05, 4.69) is 41.1 Å². The van der Waals surface area contributed by atoms with Gasteiger partial charge in [0.25, 0.3) is 5.91 Å². The molecule has 1 saturated heterocycles. The van der Waals surface area contributed by atoms with Crippen molar-refractivity contribution in [2.24, 2.45) is 0 Å². The Labute approximate surface area is 171 Å². The number of carbonyl (C=O) groups excluding carboxylic acids is 1. The van der Waals surface area contributed by atoms with Crippen LogP contribution < -0.4 is 15.1 Å². The fourth-order valence-electron chi connectivity index (χ4n) is 3.79. The minimum absolute atomic E-state index is 0.138. The van der Waals surface area contributed by atoms with Gasteiger partial charge in [-0.2, -0.15) is 0 Å². The molecule has 0 radical (unpaired) electrons. The Balaban J connectivity index is 1.30. The lowest BCUT2D eigenvalue weighted by Gasteiger charge is -2.35. The Morgan fingerprint density at radius 3 is 2.55 bits per heavy atom. The Hall–Kier alpha value is -3.03. The van der Waals surface area contributed by atoms with Gasteiger partial charge in [-0.25, -0.2) is 19.9 Å². The zero-order chi connectivity index (χ0) is 19.9. The minimum atomic E-state index is -0.138. The van der Waals surface area contributed by atoms with E-state index in [9.17, 15) is 4.79 Å². The number of piperazine rings is 1. The number of hydrogen-bond donors (Lipinski definition) is 1. The summed E-state index contributed by atoms with van der Waals surface area (Å²) in [5.74, 6) is 1.40. The van der Waals surface area contributed by atoms with Gasteiger partial charge in [0, 0.05) is 51.2 Å². The smallest absolute Gasteiger partial charge is 0.270 e. The quantitative estimate of drug-likeness (QED) is 0.753. The molecule has 0 saturated carbocycles. The zero-order valence-electron chi connectivity index (χ0n) is 16.6. The summed E-state index contributed by atoms with van der Waals surface area (Å²) in [6.45, 7) is 3.87. The third-order valence-corrected chi connectivity index (χ3v) is 5.44. The third-order valence-electron chi connectivity index (χ3n) is 5.44. The average molecular weight is 393 g/mol. The van der Waals surface area contributed by atoms with Crippen LogP contribution in [-0.2, 0) is 0 Å². The van der Waals surface area contributed by atoms with Crippen LogP contribution in [0.1, 0.15) is 42.6 Å². The van der Waals surface area contributed by atoms with Crippen molar-refractivity contribution in [1.82, 2.24) is 25.3 Å². The SMILES string of the molecule is O=C(NCCC1=CCCCC1)c1cc(N2CCN(c3ncccn3)CC2)ncn1. The van der Waals surface area contributed by atoms with Crippen molar-refractivity contribution in [2.75, 3.05) is 42.5 Å². The molecule has 2 aromatic heterocycles. The van der Waals surface area contributed by atoms with Gasteiger partial charge in [-0.05, 0) is 38.2 Å². The summed E-state index contributed by atoms with van der Waals surface area (Å²) in [4.78, 5) is 34.0. The summed E-state index contributed by atoms with van der Waals surface area (Å²) < 4.78 is 0. The zero-order valence-corrected chi connectivity index (χ0v) is 16.6. The van der Waals surface area contributed by atoms with E-state index in [4.69, 9.17) is 0 Å². The van der Waals surface area contributed by atoms with Crippen LogP contribution in [-0.4, -0.2) is 58.6 Å². The second-order valence-electron chi connectivity index (χ2n) is 7.40. The predicted molar refractivity (Wildman–Crippen MR) is 112 cm³/mol. The molecule has 0 aromatic carbocycles. The van der Waals surface area contributed by atoms with Crippen LogP contribution in [0.15, 0.2) is 42.5 Å². The van der Waals surface area contributed by atoms with E-state index < -0.39 is 0 Å². The molecular formula is C21H27N7O. The van der Waals surface area contributed by atoms with Crippen LogP contribution in [0.5, 0.6) is 0 Å². The molecule has 1 N–H and O–H groups in total. The topological polar surface area (TPSA) is 87.1 Å². The van der Waals surface area contributed by atoms with Crippen LogP contribution in [0.25, 0.3) is 0 Å². The van der Waals surface area contributed by atoms with Gasteiger partial charge in [0.2, 0.25) is 5.95 Å². The normalized spacial score (nSPS) is 17.0. The Morgan fingerprint density at radius 2 is 1.79 bits per heavy atom. The largest absolute Gasteiger partial charge is 0.353 e. The number of rotatable bonds is 6. The summed E-state index contributed by atoms with van der Waals surface area (Å²) in [6.07, 6.45) is 13.1. The van der Waals surface area contributed by atoms with Gasteiger partial charge in [0.15, 0.2) is 0 Å². The molecule has 8 nitrogen and oxygen atoms in total. The molecule has 152 valence electrons. The molecule has 0 bridgehead atoms. The van der Waals surface area contributed by atoms with Gasteiger partial charge < -0.3 is 15.1 Å². The highest BCUT2D eigenvalue weighted by Gasteiger charge is 2.21. The maximum atomic E-state index is 12.5. The molecule has 4 rings (SSSR count). The summed E-state index contributed by atoms with van der Waals surface area (Å²) in [7, 11) is 0. The Kier molecular flexibility index (Phi) is 6.29. The summed E-state index contributed by atoms with van der Waals surface area (Å²) in [5, 5.41) is 2.99. The van der Waals surface area contributed by atoms with Crippen molar-refractivity contribution in [1.29, 1.82) is 0 Å². The summed E-state index contributed by atoms with van der Waals surface area (Å²) in [6, 6.07) is 3.60. The summed E-state index contributed by atoms with van der Waals surface area (Å²) >= 11 is 0. The number of allylic oxidation sites excluding steroid dienone is 1. The van der Waals surface area contributed by atoms with Crippen LogP contribution in [0.4, 0.5) is 11.8 Å². The average Bonchev–Trinajstić information content (AvgIpc) is 2.80. The highest BCUT2D eigenvalue weighted by atomic mass is 16.1. The van der Waals surface area contributed by atoms with E-state index in [1.807, 2.05) is 6.07 Å². The van der Waals surface area contributed by atoms with Gasteiger partial charge >= 0.3 is 0 Å². The molecule has 8 heteroatoms. The molecule has 0 atom stereocenters. The van der Waals surface area contributed by atoms with Crippen LogP contribution >= 0.6 is 0 Å². The molecule has 1 fully saturated rings. The number of amides is 1. The fourth-order valence-corrected chi connectivity index (χ4v) is 3.79. The first-order chi connectivity index (χ1) is 14.3. The molecular weight excluding hydrogens is 366 g/mol. The monoisotopic (exact) mass is 393 g/mol. The van der Waals surface area contributed by atoms with Gasteiger partial charge in [0.1, 0.15) is 17.8 Å². The van der Waals surface area contributed by atoms with E-state index in [0.29, 0.717) is 12.2 Å². The lowest BCUT2D eigenvalue weighted by Crippen LogP contribution is -2.47. The van der Waals surface area contributed by atoms with Gasteiger partial charge in [-0.15, -0.1) is 0 Å². The Bertz CT molecular complexity index is 847. The first-order valence-corrected chi connectivity index (χ1v) is 10.3. The lowest BCUT2D eigenvalue weighted by atomic mass is 9.97. The van der Waals surface area contributed by atoms with E-state index >= 15 is 0 Å². The maximum Gasteiger partial charge on any atom is 0.270 e. The molecule has 1 aliphatic heterocycles. The van der Waals surface area contributed by atoms with Crippen LogP contribution in [0.3, 0.4) is 0 Å². The number of carbonyl (C=O) groups is 1. The first-order valence-electron chi connectivity index (χ1n) is 10.3. The van der Waals surface area contributed by atoms with Gasteiger partial charge in [0.05, 0.1) is 0 Å². The highest BCUT2D eigenvalue weighted by Crippen LogP contribution is 2.19. The molecule has 2 aliphatic rings. The van der Waals surface area contributed by atoms with E-state index in [-0.39, 0.29) is 5.91 Å². The number of anilines is 2. The second-order valence-corrected chi connectivity index (χ2v) is 7.40. The highest BCUT2D eigenvalue weighted by molar-refractivity contribution is 5.92. The van der Waals surface area contributed by atoms with E-state index in [0.717, 1.165) is 50.8 Å². The fraction of sp³-hybridized carbons (Fsp3) is 0.476. The third kappa shape index (κ3) is 5.07. The van der Waals surface area contributed by atoms with Gasteiger partial charge in [-0.1, -0.05) is 11.6 Å². The minimum Gasteiger partial charge on any atom is -0.353 e. The first kappa shape index (κ1) is 19.3. The van der Waals surface area contributed by atoms with Gasteiger partial charge in [-0.3, -0.25) is 4.79 Å².